The Hall–Kier alpha value is -4.38. The number of aliphatic hydroxyl groups is 2. The van der Waals surface area contributed by atoms with Gasteiger partial charge in [0.05, 0.1) is 23.2 Å². The highest BCUT2D eigenvalue weighted by Crippen LogP contribution is 2.47. The molecule has 0 saturated carbocycles. The summed E-state index contributed by atoms with van der Waals surface area (Å²) in [5.41, 5.74) is 2.81. The molecule has 1 aliphatic rings. The number of methoxy groups -OCH3 is 1. The number of rotatable bonds is 8. The molecule has 0 amide bonds. The van der Waals surface area contributed by atoms with Crippen molar-refractivity contribution in [2.45, 2.75) is 32.5 Å². The summed E-state index contributed by atoms with van der Waals surface area (Å²) >= 11 is 0. The maximum absolute atomic E-state index is 15.6. The van der Waals surface area contributed by atoms with Gasteiger partial charge in [-0.15, -0.1) is 0 Å². The molecule has 0 fully saturated rings. The summed E-state index contributed by atoms with van der Waals surface area (Å²) < 4.78 is 64.5. The van der Waals surface area contributed by atoms with Gasteiger partial charge < -0.3 is 29.0 Å². The van der Waals surface area contributed by atoms with E-state index in [0.717, 1.165) is 5.56 Å². The topological polar surface area (TPSA) is 86.0 Å². The molecule has 2 heterocycles. The molecule has 0 radical (unpaired) electrons. The fourth-order valence-corrected chi connectivity index (χ4v) is 5.16. The summed E-state index contributed by atoms with van der Waals surface area (Å²) in [6, 6.07) is 16.9. The largest absolute Gasteiger partial charge is 0.447 e. The third kappa shape index (κ3) is 5.09. The smallest absolute Gasteiger partial charge is 0.270 e. The van der Waals surface area contributed by atoms with Crippen molar-refractivity contribution in [2.24, 2.45) is 0 Å². The Kier molecular flexibility index (Phi) is 7.36. The van der Waals surface area contributed by atoms with E-state index < -0.39 is 30.0 Å². The van der Waals surface area contributed by atoms with E-state index in [1.54, 1.807) is 54.0 Å². The average Bonchev–Trinajstić information content (AvgIpc) is 3.54. The summed E-state index contributed by atoms with van der Waals surface area (Å²) in [4.78, 5) is 4.56. The Morgan fingerprint density at radius 1 is 0.952 bits per heavy atom. The number of aliphatic hydroxyl groups excluding tert-OH is 1. The SMILES string of the molecule is COCCn1c(Cc2c(F)cc(-c3cccc4c3OC(c3ccc(C)cc3F)O4)cc2F)nc2ccc(C(O)O)cc21. The zero-order chi connectivity index (χ0) is 29.5. The van der Waals surface area contributed by atoms with Crippen molar-refractivity contribution in [1.82, 2.24) is 9.55 Å². The first-order valence-corrected chi connectivity index (χ1v) is 13.3. The molecule has 1 unspecified atom stereocenters. The van der Waals surface area contributed by atoms with Crippen molar-refractivity contribution >= 4 is 11.0 Å². The van der Waals surface area contributed by atoms with Crippen molar-refractivity contribution in [3.63, 3.8) is 0 Å². The van der Waals surface area contributed by atoms with Gasteiger partial charge in [0.2, 0.25) is 0 Å². The zero-order valence-electron chi connectivity index (χ0n) is 22.8. The average molecular weight is 577 g/mol. The summed E-state index contributed by atoms with van der Waals surface area (Å²) in [6.07, 6.45) is -2.87. The number of para-hydroxylation sites is 1. The second kappa shape index (κ2) is 11.1. The van der Waals surface area contributed by atoms with E-state index in [9.17, 15) is 14.6 Å². The van der Waals surface area contributed by atoms with E-state index in [-0.39, 0.29) is 34.4 Å². The lowest BCUT2D eigenvalue weighted by Gasteiger charge is -2.13. The van der Waals surface area contributed by atoms with Crippen molar-refractivity contribution in [1.29, 1.82) is 0 Å². The Morgan fingerprint density at radius 2 is 1.74 bits per heavy atom. The van der Waals surface area contributed by atoms with E-state index in [4.69, 9.17) is 14.2 Å². The predicted octanol–water partition coefficient (Wildman–Crippen LogP) is 6.12. The standard InChI is InChI=1S/C32H27F3N2O5/c1-17-6-8-21(23(33)12-17)32-41-28-5-3-4-20(30(28)42-32)19-13-24(34)22(25(35)14-19)16-29-36-26-9-7-18(31(38)39)15-27(26)37(29)10-11-40-2/h3-9,12-15,31-32,38-39H,10-11,16H2,1-2H3. The number of aromatic nitrogens is 2. The number of hydrogen-bond acceptors (Lipinski definition) is 6. The molecule has 0 bridgehead atoms. The number of nitrogens with zero attached hydrogens (tertiary/aromatic N) is 2. The second-order valence-electron chi connectivity index (χ2n) is 10.1. The van der Waals surface area contributed by atoms with Gasteiger partial charge in [0.15, 0.2) is 17.8 Å². The normalized spacial score (nSPS) is 14.3. The quantitative estimate of drug-likeness (QED) is 0.217. The van der Waals surface area contributed by atoms with Crippen LogP contribution in [0.25, 0.3) is 22.2 Å². The van der Waals surface area contributed by atoms with Gasteiger partial charge in [0, 0.05) is 36.8 Å². The molecule has 1 aromatic heterocycles. The van der Waals surface area contributed by atoms with E-state index >= 15 is 8.78 Å². The summed E-state index contributed by atoms with van der Waals surface area (Å²) in [6.45, 7) is 2.42. The predicted molar refractivity (Wildman–Crippen MR) is 149 cm³/mol. The maximum Gasteiger partial charge on any atom is 0.270 e. The van der Waals surface area contributed by atoms with Gasteiger partial charge in [-0.2, -0.15) is 0 Å². The molecule has 0 spiro atoms. The molecule has 10 heteroatoms. The molecule has 4 aromatic carbocycles. The Bertz CT molecular complexity index is 1780. The first-order valence-electron chi connectivity index (χ1n) is 13.3. The number of halogens is 3. The minimum absolute atomic E-state index is 0.158. The van der Waals surface area contributed by atoms with E-state index in [1.165, 1.54) is 31.4 Å². The van der Waals surface area contributed by atoms with Gasteiger partial charge in [-0.3, -0.25) is 0 Å². The second-order valence-corrected chi connectivity index (χ2v) is 10.1. The molecule has 1 atom stereocenters. The molecule has 5 aromatic rings. The number of ether oxygens (including phenoxy) is 3. The van der Waals surface area contributed by atoms with E-state index in [0.29, 0.717) is 41.3 Å². The van der Waals surface area contributed by atoms with Gasteiger partial charge in [0.1, 0.15) is 23.3 Å². The molecule has 6 rings (SSSR count). The first kappa shape index (κ1) is 27.8. The third-order valence-electron chi connectivity index (χ3n) is 7.30. The van der Waals surface area contributed by atoms with Crippen LogP contribution in [0.1, 0.15) is 40.7 Å². The molecule has 2 N–H and O–H groups in total. The summed E-state index contributed by atoms with van der Waals surface area (Å²) in [7, 11) is 1.54. The van der Waals surface area contributed by atoms with Crippen LogP contribution in [0.2, 0.25) is 0 Å². The van der Waals surface area contributed by atoms with Gasteiger partial charge in [0.25, 0.3) is 6.29 Å². The minimum atomic E-state index is -1.67. The van der Waals surface area contributed by atoms with E-state index in [1.807, 2.05) is 0 Å². The van der Waals surface area contributed by atoms with Gasteiger partial charge in [-0.1, -0.05) is 24.3 Å². The minimum Gasteiger partial charge on any atom is -0.447 e. The maximum atomic E-state index is 15.6. The van der Waals surface area contributed by atoms with E-state index in [2.05, 4.69) is 4.98 Å². The van der Waals surface area contributed by atoms with Crippen LogP contribution in [0.3, 0.4) is 0 Å². The Labute approximate surface area is 239 Å². The van der Waals surface area contributed by atoms with Gasteiger partial charge >= 0.3 is 0 Å². The molecular formula is C32H27F3N2O5. The fraction of sp³-hybridized carbons (Fsp3) is 0.219. The third-order valence-corrected chi connectivity index (χ3v) is 7.30. The molecular weight excluding hydrogens is 549 g/mol. The highest BCUT2D eigenvalue weighted by molar-refractivity contribution is 5.77. The molecule has 0 saturated heterocycles. The molecule has 0 aliphatic carbocycles. The zero-order valence-corrected chi connectivity index (χ0v) is 22.8. The molecule has 216 valence electrons. The van der Waals surface area contributed by atoms with Crippen molar-refractivity contribution in [3.05, 3.63) is 112 Å². The highest BCUT2D eigenvalue weighted by Gasteiger charge is 2.31. The van der Waals surface area contributed by atoms with Crippen molar-refractivity contribution in [3.8, 4) is 22.6 Å². The lowest BCUT2D eigenvalue weighted by molar-refractivity contribution is -0.0424. The van der Waals surface area contributed by atoms with Crippen LogP contribution in [0.15, 0.2) is 66.7 Å². The number of imidazole rings is 1. The van der Waals surface area contributed by atoms with Crippen LogP contribution < -0.4 is 9.47 Å². The van der Waals surface area contributed by atoms with Crippen LogP contribution in [0.4, 0.5) is 13.2 Å². The van der Waals surface area contributed by atoms with Crippen molar-refractivity contribution < 1.29 is 37.6 Å². The van der Waals surface area contributed by atoms with Crippen LogP contribution in [-0.2, 0) is 17.7 Å². The number of hydrogen-bond donors (Lipinski definition) is 2. The van der Waals surface area contributed by atoms with Gasteiger partial charge in [-0.05, 0) is 60.5 Å². The first-order chi connectivity index (χ1) is 20.2. The molecule has 7 nitrogen and oxygen atoms in total. The summed E-state index contributed by atoms with van der Waals surface area (Å²) in [5.74, 6) is -1.05. The lowest BCUT2D eigenvalue weighted by Crippen LogP contribution is -2.11. The number of benzene rings is 4. The fourth-order valence-electron chi connectivity index (χ4n) is 5.16. The number of fused-ring (bicyclic) bond motifs is 2. The highest BCUT2D eigenvalue weighted by atomic mass is 19.1. The van der Waals surface area contributed by atoms with Crippen molar-refractivity contribution in [2.75, 3.05) is 13.7 Å². The monoisotopic (exact) mass is 576 g/mol. The number of aryl methyl sites for hydroxylation is 1. The van der Waals surface area contributed by atoms with Crippen LogP contribution in [0, 0.1) is 24.4 Å². The Morgan fingerprint density at radius 3 is 2.45 bits per heavy atom. The summed E-state index contributed by atoms with van der Waals surface area (Å²) in [5, 5.41) is 19.2. The van der Waals surface area contributed by atoms with Crippen LogP contribution >= 0.6 is 0 Å². The van der Waals surface area contributed by atoms with Gasteiger partial charge in [-0.25, -0.2) is 18.2 Å². The molecule has 42 heavy (non-hydrogen) atoms. The van der Waals surface area contributed by atoms with Crippen LogP contribution in [-0.4, -0.2) is 33.5 Å². The van der Waals surface area contributed by atoms with Crippen LogP contribution in [0.5, 0.6) is 11.5 Å². The lowest BCUT2D eigenvalue weighted by atomic mass is 10.00. The Balaban J connectivity index is 1.33. The molecule has 1 aliphatic heterocycles.